The third-order valence-corrected chi connectivity index (χ3v) is 2.93. The van der Waals surface area contributed by atoms with Crippen molar-refractivity contribution in [2.45, 2.75) is 26.3 Å². The maximum atomic E-state index is 13.9. The zero-order valence-corrected chi connectivity index (χ0v) is 11.5. The van der Waals surface area contributed by atoms with Crippen LogP contribution < -0.4 is 5.32 Å². The van der Waals surface area contributed by atoms with E-state index in [1.807, 2.05) is 13.8 Å². The Morgan fingerprint density at radius 1 is 1.20 bits per heavy atom. The van der Waals surface area contributed by atoms with Crippen LogP contribution in [0.15, 0.2) is 30.6 Å². The minimum Gasteiger partial charge on any atom is -0.304 e. The van der Waals surface area contributed by atoms with Crippen molar-refractivity contribution in [3.63, 3.8) is 0 Å². The third-order valence-electron chi connectivity index (χ3n) is 2.93. The van der Waals surface area contributed by atoms with E-state index < -0.39 is 17.7 Å². The lowest BCUT2D eigenvalue weighted by Crippen LogP contribution is -2.26. The Kier molecular flexibility index (Phi) is 4.74. The van der Waals surface area contributed by atoms with Gasteiger partial charge in [-0.2, -0.15) is 0 Å². The Morgan fingerprint density at radius 2 is 1.90 bits per heavy atom. The lowest BCUT2D eigenvalue weighted by molar-refractivity contribution is 0.520. The maximum absolute atomic E-state index is 13.9. The molecule has 5 heteroatoms. The quantitative estimate of drug-likeness (QED) is 0.912. The van der Waals surface area contributed by atoms with Crippen molar-refractivity contribution in [1.29, 1.82) is 0 Å². The molecule has 1 atom stereocenters. The molecule has 20 heavy (non-hydrogen) atoms. The minimum atomic E-state index is -0.550. The maximum Gasteiger partial charge on any atom is 0.149 e. The molecule has 0 spiro atoms. The molecule has 1 N–H and O–H groups in total. The molecule has 1 aromatic heterocycles. The van der Waals surface area contributed by atoms with Crippen LogP contribution in [0.25, 0.3) is 0 Å². The second-order valence-electron chi connectivity index (χ2n) is 4.67. The zero-order valence-electron chi connectivity index (χ0n) is 11.5. The molecule has 106 valence electrons. The van der Waals surface area contributed by atoms with Crippen LogP contribution >= 0.6 is 0 Å². The summed E-state index contributed by atoms with van der Waals surface area (Å²) in [4.78, 5) is 8.43. The van der Waals surface area contributed by atoms with E-state index in [1.54, 1.807) is 12.4 Å². The molecule has 0 bridgehead atoms. The lowest BCUT2D eigenvalue weighted by atomic mass is 10.0. The van der Waals surface area contributed by atoms with Gasteiger partial charge in [-0.3, -0.25) is 0 Å². The molecule has 0 saturated carbocycles. The number of hydrogen-bond acceptors (Lipinski definition) is 3. The predicted molar refractivity (Wildman–Crippen MR) is 73.3 cm³/mol. The van der Waals surface area contributed by atoms with Crippen molar-refractivity contribution < 1.29 is 8.78 Å². The first-order valence-corrected chi connectivity index (χ1v) is 6.58. The summed E-state index contributed by atoms with van der Waals surface area (Å²) in [7, 11) is 0. The fourth-order valence-electron chi connectivity index (χ4n) is 1.92. The van der Waals surface area contributed by atoms with Gasteiger partial charge in [0.05, 0.1) is 6.04 Å². The summed E-state index contributed by atoms with van der Waals surface area (Å²) in [5.41, 5.74) is 1.14. The monoisotopic (exact) mass is 277 g/mol. The van der Waals surface area contributed by atoms with Gasteiger partial charge in [0.2, 0.25) is 0 Å². The Hall–Kier alpha value is -1.88. The fraction of sp³-hybridized carbons (Fsp3) is 0.333. The van der Waals surface area contributed by atoms with E-state index in [4.69, 9.17) is 0 Å². The Balaban J connectivity index is 2.41. The van der Waals surface area contributed by atoms with Crippen molar-refractivity contribution in [3.8, 4) is 0 Å². The Morgan fingerprint density at radius 3 is 2.55 bits per heavy atom. The molecule has 1 heterocycles. The van der Waals surface area contributed by atoms with Crippen LogP contribution in [0.2, 0.25) is 0 Å². The highest BCUT2D eigenvalue weighted by Crippen LogP contribution is 2.23. The van der Waals surface area contributed by atoms with Crippen LogP contribution in [0.1, 0.15) is 36.3 Å². The molecule has 0 aliphatic carbocycles. The SMILES string of the molecule is CCCNC(c1ncc(C)cn1)c1cc(F)ccc1F. The highest BCUT2D eigenvalue weighted by Gasteiger charge is 2.20. The van der Waals surface area contributed by atoms with Crippen LogP contribution in [0.5, 0.6) is 0 Å². The Bertz CT molecular complexity index is 570. The number of rotatable bonds is 5. The van der Waals surface area contributed by atoms with Crippen molar-refractivity contribution in [2.75, 3.05) is 6.54 Å². The molecule has 0 amide bonds. The topological polar surface area (TPSA) is 37.8 Å². The van der Waals surface area contributed by atoms with Gasteiger partial charge in [0.15, 0.2) is 0 Å². The molecular weight excluding hydrogens is 260 g/mol. The van der Waals surface area contributed by atoms with Crippen molar-refractivity contribution in [3.05, 3.63) is 59.2 Å². The summed E-state index contributed by atoms with van der Waals surface area (Å²) in [6, 6.07) is 2.86. The molecule has 2 aromatic rings. The largest absolute Gasteiger partial charge is 0.304 e. The minimum absolute atomic E-state index is 0.224. The van der Waals surface area contributed by atoms with Crippen molar-refractivity contribution in [1.82, 2.24) is 15.3 Å². The zero-order chi connectivity index (χ0) is 14.5. The molecule has 2 rings (SSSR count). The average Bonchev–Trinajstić information content (AvgIpc) is 2.44. The summed E-state index contributed by atoms with van der Waals surface area (Å²) in [6.07, 6.45) is 4.21. The van der Waals surface area contributed by atoms with Crippen LogP contribution in [0.4, 0.5) is 8.78 Å². The van der Waals surface area contributed by atoms with E-state index >= 15 is 0 Å². The predicted octanol–water partition coefficient (Wildman–Crippen LogP) is 3.15. The number of hydrogen-bond donors (Lipinski definition) is 1. The van der Waals surface area contributed by atoms with E-state index in [1.165, 1.54) is 6.07 Å². The van der Waals surface area contributed by atoms with Gasteiger partial charge >= 0.3 is 0 Å². The molecule has 3 nitrogen and oxygen atoms in total. The van der Waals surface area contributed by atoms with Gasteiger partial charge in [-0.1, -0.05) is 6.92 Å². The number of halogens is 2. The molecular formula is C15H17F2N3. The Labute approximate surface area is 117 Å². The number of aryl methyl sites for hydroxylation is 1. The summed E-state index contributed by atoms with van der Waals surface area (Å²) in [6.45, 7) is 4.54. The molecule has 0 fully saturated rings. The van der Waals surface area contributed by atoms with Crippen molar-refractivity contribution >= 4 is 0 Å². The first kappa shape index (κ1) is 14.5. The van der Waals surface area contributed by atoms with Gasteiger partial charge in [-0.05, 0) is 43.7 Å². The summed E-state index contributed by atoms with van der Waals surface area (Å²) in [5, 5.41) is 3.16. The average molecular weight is 277 g/mol. The highest BCUT2D eigenvalue weighted by molar-refractivity contribution is 5.27. The summed E-state index contributed by atoms with van der Waals surface area (Å²) in [5.74, 6) is -0.505. The summed E-state index contributed by atoms with van der Waals surface area (Å²) < 4.78 is 27.3. The van der Waals surface area contributed by atoms with Crippen molar-refractivity contribution in [2.24, 2.45) is 0 Å². The van der Waals surface area contributed by atoms with Crippen LogP contribution in [-0.2, 0) is 0 Å². The molecule has 0 radical (unpaired) electrons. The first-order valence-electron chi connectivity index (χ1n) is 6.58. The normalized spacial score (nSPS) is 12.4. The van der Waals surface area contributed by atoms with Gasteiger partial charge in [-0.25, -0.2) is 18.7 Å². The molecule has 1 unspecified atom stereocenters. The van der Waals surface area contributed by atoms with Gasteiger partial charge in [-0.15, -0.1) is 0 Å². The number of benzene rings is 1. The van der Waals surface area contributed by atoms with E-state index in [0.29, 0.717) is 12.4 Å². The first-order chi connectivity index (χ1) is 9.61. The summed E-state index contributed by atoms with van der Waals surface area (Å²) >= 11 is 0. The van der Waals surface area contributed by atoms with Gasteiger partial charge < -0.3 is 5.32 Å². The van der Waals surface area contributed by atoms with Gasteiger partial charge in [0.1, 0.15) is 17.5 Å². The van der Waals surface area contributed by atoms with Crippen LogP contribution in [0.3, 0.4) is 0 Å². The molecule has 0 saturated heterocycles. The van der Waals surface area contributed by atoms with Gasteiger partial charge in [0.25, 0.3) is 0 Å². The highest BCUT2D eigenvalue weighted by atomic mass is 19.1. The number of aromatic nitrogens is 2. The second kappa shape index (κ2) is 6.52. The standard InChI is InChI=1S/C15H17F2N3/c1-3-6-18-14(15-19-8-10(2)9-20-15)12-7-11(16)4-5-13(12)17/h4-5,7-9,14,18H,3,6H2,1-2H3. The van der Waals surface area contributed by atoms with Gasteiger partial charge in [0, 0.05) is 18.0 Å². The van der Waals surface area contributed by atoms with E-state index in [9.17, 15) is 8.78 Å². The van der Waals surface area contributed by atoms with Crippen LogP contribution in [0, 0.1) is 18.6 Å². The van der Waals surface area contributed by atoms with E-state index in [-0.39, 0.29) is 5.56 Å². The number of nitrogens with one attached hydrogen (secondary N) is 1. The second-order valence-corrected chi connectivity index (χ2v) is 4.67. The smallest absolute Gasteiger partial charge is 0.149 e. The molecule has 1 aromatic carbocycles. The third kappa shape index (κ3) is 3.36. The van der Waals surface area contributed by atoms with E-state index in [2.05, 4.69) is 15.3 Å². The molecule has 0 aliphatic heterocycles. The van der Waals surface area contributed by atoms with Crippen LogP contribution in [-0.4, -0.2) is 16.5 Å². The lowest BCUT2D eigenvalue weighted by Gasteiger charge is -2.18. The number of nitrogens with zero attached hydrogens (tertiary/aromatic N) is 2. The van der Waals surface area contributed by atoms with E-state index in [0.717, 1.165) is 24.1 Å². The molecule has 0 aliphatic rings. The fourth-order valence-corrected chi connectivity index (χ4v) is 1.92.